The topological polar surface area (TPSA) is 22.4 Å². The third-order valence-corrected chi connectivity index (χ3v) is 3.67. The van der Waals surface area contributed by atoms with Crippen molar-refractivity contribution < 1.29 is 26.7 Å². The van der Waals surface area contributed by atoms with Crippen molar-refractivity contribution >= 4 is 11.6 Å². The van der Waals surface area contributed by atoms with Crippen LogP contribution in [-0.2, 0) is 12.8 Å². The van der Waals surface area contributed by atoms with E-state index < -0.39 is 23.5 Å². The zero-order chi connectivity index (χ0) is 18.0. The molecule has 2 aromatic carbocycles. The van der Waals surface area contributed by atoms with Crippen molar-refractivity contribution in [2.75, 3.05) is 0 Å². The molecule has 0 N–H and O–H groups in total. The molecule has 0 spiro atoms. The maximum atomic E-state index is 13.2. The molecule has 25 heavy (non-hydrogen) atoms. The zero-order valence-corrected chi connectivity index (χ0v) is 13.4. The van der Waals surface area contributed by atoms with Crippen molar-refractivity contribution in [2.24, 2.45) is 0 Å². The van der Waals surface area contributed by atoms with Crippen molar-refractivity contribution in [1.29, 1.82) is 0 Å². The zero-order valence-electron chi connectivity index (χ0n) is 12.6. The van der Waals surface area contributed by atoms with Gasteiger partial charge in [0.05, 0.1) is 0 Å². The van der Waals surface area contributed by atoms with Crippen LogP contribution in [0.4, 0.5) is 17.6 Å². The van der Waals surface area contributed by atoms with Crippen LogP contribution in [0.25, 0.3) is 11.3 Å². The Kier molecular flexibility index (Phi) is 4.72. The van der Waals surface area contributed by atoms with Gasteiger partial charge in [-0.2, -0.15) is 13.2 Å². The normalized spacial score (nSPS) is 11.6. The second kappa shape index (κ2) is 6.80. The molecule has 0 radical (unpaired) electrons. The van der Waals surface area contributed by atoms with Gasteiger partial charge in [-0.25, -0.2) is 4.39 Å². The van der Waals surface area contributed by atoms with Crippen molar-refractivity contribution in [3.8, 4) is 17.3 Å². The van der Waals surface area contributed by atoms with E-state index in [2.05, 4.69) is 0 Å². The first-order valence-corrected chi connectivity index (χ1v) is 7.55. The third-order valence-electron chi connectivity index (χ3n) is 3.42. The Bertz CT molecular complexity index is 852. The monoisotopic (exact) mass is 370 g/mol. The van der Waals surface area contributed by atoms with Crippen molar-refractivity contribution in [3.05, 3.63) is 76.6 Å². The highest BCUT2D eigenvalue weighted by molar-refractivity contribution is 6.30. The van der Waals surface area contributed by atoms with E-state index in [9.17, 15) is 17.6 Å². The molecule has 0 atom stereocenters. The van der Waals surface area contributed by atoms with Gasteiger partial charge in [-0.05, 0) is 42.0 Å². The minimum atomic E-state index is -4.64. The van der Waals surface area contributed by atoms with E-state index in [1.54, 1.807) is 24.3 Å². The molecule has 1 aromatic heterocycles. The average molecular weight is 371 g/mol. The molecule has 0 saturated carbocycles. The number of halogens is 5. The summed E-state index contributed by atoms with van der Waals surface area (Å²) in [5.41, 5.74) is -0.0775. The van der Waals surface area contributed by atoms with Gasteiger partial charge in [0.1, 0.15) is 23.7 Å². The summed E-state index contributed by atoms with van der Waals surface area (Å²) in [7, 11) is 0. The van der Waals surface area contributed by atoms with E-state index in [0.717, 1.165) is 18.2 Å². The lowest BCUT2D eigenvalue weighted by atomic mass is 10.1. The van der Waals surface area contributed by atoms with Crippen LogP contribution in [0.3, 0.4) is 0 Å². The predicted molar refractivity (Wildman–Crippen MR) is 84.9 cm³/mol. The van der Waals surface area contributed by atoms with Gasteiger partial charge in [-0.1, -0.05) is 23.7 Å². The SMILES string of the molecule is Fc1ccc(-c2cc(C(F)(F)F)c(OCc3ccc(Cl)cc3)o2)cc1. The molecule has 1 heterocycles. The minimum absolute atomic E-state index is 0.0570. The molecule has 3 aromatic rings. The van der Waals surface area contributed by atoms with E-state index in [-0.39, 0.29) is 12.4 Å². The summed E-state index contributed by atoms with van der Waals surface area (Å²) in [5, 5.41) is 0.510. The van der Waals surface area contributed by atoms with E-state index in [1.807, 2.05) is 0 Å². The van der Waals surface area contributed by atoms with Gasteiger partial charge in [0.15, 0.2) is 0 Å². The Hall–Kier alpha value is -2.47. The Labute approximate surface area is 145 Å². The lowest BCUT2D eigenvalue weighted by molar-refractivity contribution is -0.139. The number of ether oxygens (including phenoxy) is 1. The molecular weight excluding hydrogens is 360 g/mol. The molecule has 0 bridgehead atoms. The Morgan fingerprint density at radius 2 is 1.60 bits per heavy atom. The molecule has 0 saturated heterocycles. The van der Waals surface area contributed by atoms with Crippen LogP contribution in [0.2, 0.25) is 5.02 Å². The predicted octanol–water partition coefficient (Wildman–Crippen LogP) is 6.34. The van der Waals surface area contributed by atoms with E-state index in [0.29, 0.717) is 16.1 Å². The Morgan fingerprint density at radius 1 is 0.960 bits per heavy atom. The number of hydrogen-bond acceptors (Lipinski definition) is 2. The maximum absolute atomic E-state index is 13.2. The fourth-order valence-corrected chi connectivity index (χ4v) is 2.29. The summed E-state index contributed by atoms with van der Waals surface area (Å²) in [6.07, 6.45) is -4.64. The molecule has 0 aliphatic carbocycles. The number of rotatable bonds is 4. The van der Waals surface area contributed by atoms with Crippen molar-refractivity contribution in [1.82, 2.24) is 0 Å². The van der Waals surface area contributed by atoms with Gasteiger partial charge < -0.3 is 9.15 Å². The van der Waals surface area contributed by atoms with Crippen LogP contribution in [0.5, 0.6) is 5.95 Å². The second-order valence-corrected chi connectivity index (χ2v) is 5.67. The molecule has 0 aliphatic rings. The van der Waals surface area contributed by atoms with Gasteiger partial charge in [0.25, 0.3) is 5.95 Å². The van der Waals surface area contributed by atoms with E-state index in [4.69, 9.17) is 20.8 Å². The summed E-state index contributed by atoms with van der Waals surface area (Å²) in [6, 6.07) is 12.3. The Morgan fingerprint density at radius 3 is 2.20 bits per heavy atom. The Balaban J connectivity index is 1.88. The molecule has 0 unspecified atom stereocenters. The molecule has 0 amide bonds. The molecule has 3 rings (SSSR count). The van der Waals surface area contributed by atoms with Gasteiger partial charge in [0, 0.05) is 16.7 Å². The van der Waals surface area contributed by atoms with E-state index in [1.165, 1.54) is 12.1 Å². The second-order valence-electron chi connectivity index (χ2n) is 5.23. The van der Waals surface area contributed by atoms with Gasteiger partial charge in [-0.3, -0.25) is 0 Å². The molecular formula is C18H11ClF4O2. The highest BCUT2D eigenvalue weighted by atomic mass is 35.5. The fraction of sp³-hybridized carbons (Fsp3) is 0.111. The van der Waals surface area contributed by atoms with Crippen LogP contribution in [0.15, 0.2) is 59.0 Å². The van der Waals surface area contributed by atoms with Crippen molar-refractivity contribution in [2.45, 2.75) is 12.8 Å². The van der Waals surface area contributed by atoms with Crippen LogP contribution in [0, 0.1) is 5.82 Å². The first-order valence-electron chi connectivity index (χ1n) is 7.17. The van der Waals surface area contributed by atoms with Crippen LogP contribution >= 0.6 is 11.6 Å². The summed E-state index contributed by atoms with van der Waals surface area (Å²) in [6.45, 7) is -0.114. The molecule has 2 nitrogen and oxygen atoms in total. The van der Waals surface area contributed by atoms with E-state index >= 15 is 0 Å². The highest BCUT2D eigenvalue weighted by Gasteiger charge is 2.38. The number of furan rings is 1. The van der Waals surface area contributed by atoms with Gasteiger partial charge >= 0.3 is 6.18 Å². The quantitative estimate of drug-likeness (QED) is 0.500. The number of alkyl halides is 3. The smallest absolute Gasteiger partial charge is 0.423 e. The first kappa shape index (κ1) is 17.4. The molecule has 0 fully saturated rings. The van der Waals surface area contributed by atoms with Gasteiger partial charge in [-0.15, -0.1) is 0 Å². The minimum Gasteiger partial charge on any atom is -0.460 e. The molecule has 130 valence electrons. The lowest BCUT2D eigenvalue weighted by Gasteiger charge is -2.08. The van der Waals surface area contributed by atoms with Gasteiger partial charge in [0.2, 0.25) is 0 Å². The number of benzene rings is 2. The summed E-state index contributed by atoms with van der Waals surface area (Å²) >= 11 is 5.76. The molecule has 0 aliphatic heterocycles. The maximum Gasteiger partial charge on any atom is 0.423 e. The standard InChI is InChI=1S/C18H11ClF4O2/c19-13-5-1-11(2-6-13)10-24-17-15(18(21,22)23)9-16(25-17)12-3-7-14(20)8-4-12/h1-9H,10H2. The average Bonchev–Trinajstić information content (AvgIpc) is 2.99. The van der Waals surface area contributed by atoms with Crippen LogP contribution in [0.1, 0.15) is 11.1 Å². The highest BCUT2D eigenvalue weighted by Crippen LogP contribution is 2.41. The fourth-order valence-electron chi connectivity index (χ4n) is 2.17. The number of hydrogen-bond donors (Lipinski definition) is 0. The van der Waals surface area contributed by atoms with Crippen molar-refractivity contribution in [3.63, 3.8) is 0 Å². The lowest BCUT2D eigenvalue weighted by Crippen LogP contribution is -2.06. The summed E-state index contributed by atoms with van der Waals surface area (Å²) < 4.78 is 63.0. The third kappa shape index (κ3) is 4.14. The van der Waals surface area contributed by atoms with Crippen LogP contribution < -0.4 is 4.74 Å². The summed E-state index contributed by atoms with van der Waals surface area (Å²) in [4.78, 5) is 0. The largest absolute Gasteiger partial charge is 0.460 e. The summed E-state index contributed by atoms with van der Waals surface area (Å²) in [5.74, 6) is -1.19. The molecule has 7 heteroatoms. The first-order chi connectivity index (χ1) is 11.8. The van der Waals surface area contributed by atoms with Crippen LogP contribution in [-0.4, -0.2) is 0 Å².